The number of carbonyl (C=O) groups is 1. The predicted molar refractivity (Wildman–Crippen MR) is 146 cm³/mol. The number of aryl methyl sites for hydroxylation is 2. The van der Waals surface area contributed by atoms with E-state index < -0.39 is 5.91 Å². The molecular formula is C28H22ClN3O3S. The molecule has 6 nitrogen and oxygen atoms in total. The Bertz CT molecular complexity index is 1530. The van der Waals surface area contributed by atoms with Gasteiger partial charge in [-0.1, -0.05) is 23.7 Å². The van der Waals surface area contributed by atoms with E-state index >= 15 is 0 Å². The van der Waals surface area contributed by atoms with Crippen LogP contribution in [-0.4, -0.2) is 16.0 Å². The quantitative estimate of drug-likeness (QED) is 0.243. The van der Waals surface area contributed by atoms with Gasteiger partial charge in [0, 0.05) is 22.7 Å². The molecule has 180 valence electrons. The maximum absolute atomic E-state index is 12.5. The van der Waals surface area contributed by atoms with Crippen LogP contribution >= 0.6 is 23.8 Å². The monoisotopic (exact) mass is 515 g/mol. The first-order valence-electron chi connectivity index (χ1n) is 11.3. The Morgan fingerprint density at radius 2 is 1.67 bits per heavy atom. The minimum atomic E-state index is -0.439. The van der Waals surface area contributed by atoms with Gasteiger partial charge in [0.15, 0.2) is 22.3 Å². The van der Waals surface area contributed by atoms with E-state index in [-0.39, 0.29) is 10.9 Å². The molecule has 2 N–H and O–H groups in total. The van der Waals surface area contributed by atoms with Crippen molar-refractivity contribution in [1.82, 2.24) is 10.3 Å². The molecule has 0 saturated carbocycles. The van der Waals surface area contributed by atoms with Gasteiger partial charge in [0.1, 0.15) is 11.3 Å². The lowest BCUT2D eigenvalue weighted by Gasteiger charge is -2.09. The van der Waals surface area contributed by atoms with Crippen LogP contribution in [0.25, 0.3) is 22.4 Å². The summed E-state index contributed by atoms with van der Waals surface area (Å²) < 4.78 is 11.6. The summed E-state index contributed by atoms with van der Waals surface area (Å²) in [7, 11) is 0. The van der Waals surface area contributed by atoms with Crippen LogP contribution in [0.3, 0.4) is 0 Å². The van der Waals surface area contributed by atoms with E-state index in [4.69, 9.17) is 32.7 Å². The third-order valence-electron chi connectivity index (χ3n) is 5.80. The van der Waals surface area contributed by atoms with Gasteiger partial charge in [-0.2, -0.15) is 0 Å². The van der Waals surface area contributed by atoms with Crippen molar-refractivity contribution < 1.29 is 13.6 Å². The number of amides is 1. The minimum Gasteiger partial charge on any atom is -0.451 e. The summed E-state index contributed by atoms with van der Waals surface area (Å²) in [5.41, 5.74) is 6.64. The first-order chi connectivity index (χ1) is 17.3. The third-order valence-corrected chi connectivity index (χ3v) is 6.26. The molecule has 5 rings (SSSR count). The molecule has 0 aliphatic heterocycles. The lowest BCUT2D eigenvalue weighted by atomic mass is 10.1. The number of nitrogens with zero attached hydrogens (tertiary/aromatic N) is 1. The maximum atomic E-state index is 12.5. The average Bonchev–Trinajstić information content (AvgIpc) is 3.48. The molecule has 2 heterocycles. The van der Waals surface area contributed by atoms with E-state index in [1.54, 1.807) is 24.3 Å². The van der Waals surface area contributed by atoms with Crippen molar-refractivity contribution in [1.29, 1.82) is 0 Å². The first kappa shape index (κ1) is 23.8. The topological polar surface area (TPSA) is 80.3 Å². The predicted octanol–water partition coefficient (Wildman–Crippen LogP) is 7.08. The smallest absolute Gasteiger partial charge is 0.293 e. The Morgan fingerprint density at radius 3 is 2.42 bits per heavy atom. The normalized spacial score (nSPS) is 11.0. The van der Waals surface area contributed by atoms with E-state index in [1.807, 2.05) is 48.5 Å². The van der Waals surface area contributed by atoms with Gasteiger partial charge in [-0.05, 0) is 103 Å². The number of hydrogen-bond acceptors (Lipinski definition) is 5. The second-order valence-electron chi connectivity index (χ2n) is 8.46. The van der Waals surface area contributed by atoms with Crippen molar-refractivity contribution in [3.8, 4) is 11.3 Å². The fourth-order valence-corrected chi connectivity index (χ4v) is 4.08. The molecule has 0 fully saturated rings. The fraction of sp³-hybridized carbons (Fsp3) is 0.107. The van der Waals surface area contributed by atoms with Crippen LogP contribution in [0, 0.1) is 13.8 Å². The zero-order valence-electron chi connectivity index (χ0n) is 19.6. The van der Waals surface area contributed by atoms with Crippen molar-refractivity contribution >= 4 is 51.6 Å². The van der Waals surface area contributed by atoms with Crippen LogP contribution in [0.1, 0.15) is 33.1 Å². The molecule has 0 saturated heterocycles. The molecule has 36 heavy (non-hydrogen) atoms. The molecule has 0 spiro atoms. The number of fused-ring (bicyclic) bond motifs is 1. The van der Waals surface area contributed by atoms with Gasteiger partial charge in [-0.3, -0.25) is 10.1 Å². The molecule has 0 aliphatic rings. The molecule has 8 heteroatoms. The van der Waals surface area contributed by atoms with E-state index in [0.717, 1.165) is 27.9 Å². The lowest BCUT2D eigenvalue weighted by Crippen LogP contribution is -2.33. The molecule has 5 aromatic rings. The van der Waals surface area contributed by atoms with Crippen LogP contribution < -0.4 is 10.6 Å². The number of nitrogens with one attached hydrogen (secondary N) is 2. The van der Waals surface area contributed by atoms with Crippen LogP contribution in [0.5, 0.6) is 0 Å². The first-order valence-corrected chi connectivity index (χ1v) is 12.1. The van der Waals surface area contributed by atoms with E-state index in [2.05, 4.69) is 29.5 Å². The Labute approximate surface area is 218 Å². The number of carbonyl (C=O) groups excluding carboxylic acids is 1. The van der Waals surface area contributed by atoms with E-state index in [9.17, 15) is 4.79 Å². The highest BCUT2D eigenvalue weighted by atomic mass is 35.5. The number of benzene rings is 3. The van der Waals surface area contributed by atoms with Gasteiger partial charge < -0.3 is 14.2 Å². The Morgan fingerprint density at radius 1 is 0.944 bits per heavy atom. The Kier molecular flexibility index (Phi) is 6.59. The highest BCUT2D eigenvalue weighted by molar-refractivity contribution is 7.80. The average molecular weight is 516 g/mol. The third kappa shape index (κ3) is 5.32. The van der Waals surface area contributed by atoms with Gasteiger partial charge in [0.25, 0.3) is 5.91 Å². The molecule has 0 atom stereocenters. The number of rotatable bonds is 5. The van der Waals surface area contributed by atoms with Gasteiger partial charge >= 0.3 is 0 Å². The number of aromatic nitrogens is 1. The van der Waals surface area contributed by atoms with Crippen molar-refractivity contribution in [3.05, 3.63) is 106 Å². The van der Waals surface area contributed by atoms with Gasteiger partial charge in [0.2, 0.25) is 0 Å². The summed E-state index contributed by atoms with van der Waals surface area (Å²) >= 11 is 11.2. The van der Waals surface area contributed by atoms with Crippen LogP contribution in [0.2, 0.25) is 5.02 Å². The van der Waals surface area contributed by atoms with Crippen molar-refractivity contribution in [3.63, 3.8) is 0 Å². The van der Waals surface area contributed by atoms with Crippen LogP contribution in [0.4, 0.5) is 5.69 Å². The molecular weight excluding hydrogens is 494 g/mol. The molecule has 0 unspecified atom stereocenters. The fourth-order valence-electron chi connectivity index (χ4n) is 3.74. The summed E-state index contributed by atoms with van der Waals surface area (Å²) in [6, 6.07) is 22.3. The number of oxazole rings is 1. The van der Waals surface area contributed by atoms with Crippen molar-refractivity contribution in [2.75, 3.05) is 5.32 Å². The highest BCUT2D eigenvalue weighted by Gasteiger charge is 2.14. The molecule has 2 aromatic heterocycles. The van der Waals surface area contributed by atoms with Crippen molar-refractivity contribution in [2.45, 2.75) is 20.3 Å². The minimum absolute atomic E-state index is 0.156. The van der Waals surface area contributed by atoms with Gasteiger partial charge in [-0.15, -0.1) is 0 Å². The van der Waals surface area contributed by atoms with Crippen LogP contribution in [0.15, 0.2) is 81.6 Å². The second kappa shape index (κ2) is 9.97. The highest BCUT2D eigenvalue weighted by Crippen LogP contribution is 2.24. The summed E-state index contributed by atoms with van der Waals surface area (Å²) in [6.45, 7) is 4.12. The standard InChI is InChI=1S/C28H22ClN3O3S/c1-16-13-22-25(14-17(16)2)35-26(31-22)15-18-3-9-21(10-4-18)30-28(36)32-27(33)24-12-11-23(34-24)19-5-7-20(29)8-6-19/h3-14H,15H2,1-2H3,(H2,30,32,33,36). The number of halogens is 1. The number of thiocarbonyl (C=S) groups is 1. The summed E-state index contributed by atoms with van der Waals surface area (Å²) in [5.74, 6) is 0.944. The number of hydrogen-bond donors (Lipinski definition) is 2. The Balaban J connectivity index is 1.18. The summed E-state index contributed by atoms with van der Waals surface area (Å²) in [4.78, 5) is 17.1. The SMILES string of the molecule is Cc1cc2nc(Cc3ccc(NC(=S)NC(=O)c4ccc(-c5ccc(Cl)cc5)o4)cc3)oc2cc1C. The van der Waals surface area contributed by atoms with Gasteiger partial charge in [0.05, 0.1) is 0 Å². The zero-order valence-corrected chi connectivity index (χ0v) is 21.2. The van der Waals surface area contributed by atoms with E-state index in [0.29, 0.717) is 23.1 Å². The lowest BCUT2D eigenvalue weighted by molar-refractivity contribution is 0.0951. The number of anilines is 1. The molecule has 0 aliphatic carbocycles. The molecule has 3 aromatic carbocycles. The molecule has 0 bridgehead atoms. The zero-order chi connectivity index (χ0) is 25.2. The largest absolute Gasteiger partial charge is 0.451 e. The summed E-state index contributed by atoms with van der Waals surface area (Å²) in [6.07, 6.45) is 0.572. The van der Waals surface area contributed by atoms with Crippen LogP contribution in [-0.2, 0) is 6.42 Å². The summed E-state index contributed by atoms with van der Waals surface area (Å²) in [5, 5.41) is 6.45. The maximum Gasteiger partial charge on any atom is 0.293 e. The molecule has 0 radical (unpaired) electrons. The number of furan rings is 1. The van der Waals surface area contributed by atoms with E-state index in [1.165, 1.54) is 11.1 Å². The molecule has 1 amide bonds. The second-order valence-corrected chi connectivity index (χ2v) is 9.31. The Hall–Kier alpha value is -3.94. The van der Waals surface area contributed by atoms with Gasteiger partial charge in [-0.25, -0.2) is 4.98 Å². The van der Waals surface area contributed by atoms with Crippen molar-refractivity contribution in [2.24, 2.45) is 0 Å².